The summed E-state index contributed by atoms with van der Waals surface area (Å²) in [6.07, 6.45) is 2.00. The zero-order valence-corrected chi connectivity index (χ0v) is 12.7. The first kappa shape index (κ1) is 15.4. The van der Waals surface area contributed by atoms with Crippen molar-refractivity contribution >= 4 is 10.0 Å². The molecule has 0 unspecified atom stereocenters. The van der Waals surface area contributed by atoms with Gasteiger partial charge in [-0.1, -0.05) is 12.1 Å². The number of benzene rings is 1. The summed E-state index contributed by atoms with van der Waals surface area (Å²) in [5.74, 6) is 0. The van der Waals surface area contributed by atoms with Gasteiger partial charge >= 0.3 is 0 Å². The Morgan fingerprint density at radius 2 is 1.85 bits per heavy atom. The zero-order chi connectivity index (χ0) is 14.4. The minimum absolute atomic E-state index is 0.372. The van der Waals surface area contributed by atoms with Crippen molar-refractivity contribution in [3.8, 4) is 0 Å². The van der Waals surface area contributed by atoms with Gasteiger partial charge in [0.25, 0.3) is 0 Å². The van der Waals surface area contributed by atoms with Gasteiger partial charge in [-0.3, -0.25) is 0 Å². The molecule has 112 valence electrons. The van der Waals surface area contributed by atoms with Crippen LogP contribution in [0.2, 0.25) is 0 Å². The molecule has 0 aromatic heterocycles. The summed E-state index contributed by atoms with van der Waals surface area (Å²) < 4.78 is 31.5. The molecule has 1 aliphatic rings. The molecule has 0 amide bonds. The lowest BCUT2D eigenvalue weighted by molar-refractivity contribution is 0.0730. The first-order chi connectivity index (χ1) is 9.64. The second kappa shape index (κ2) is 7.17. The van der Waals surface area contributed by atoms with E-state index in [1.54, 1.807) is 12.1 Å². The first-order valence-electron chi connectivity index (χ1n) is 6.96. The van der Waals surface area contributed by atoms with Crippen LogP contribution >= 0.6 is 0 Å². The molecule has 1 saturated heterocycles. The second-order valence-electron chi connectivity index (χ2n) is 4.87. The molecule has 1 aromatic rings. The Morgan fingerprint density at radius 1 is 1.20 bits per heavy atom. The molecule has 0 spiro atoms. The van der Waals surface area contributed by atoms with E-state index >= 15 is 0 Å². The molecule has 0 radical (unpaired) electrons. The summed E-state index contributed by atoms with van der Waals surface area (Å²) in [6, 6.07) is 7.23. The number of aryl methyl sites for hydroxylation is 1. The molecule has 0 saturated carbocycles. The van der Waals surface area contributed by atoms with Crippen LogP contribution in [-0.4, -0.2) is 52.6 Å². The average molecular weight is 298 g/mol. The standard InChI is InChI=1S/C14H22N2O3S/c1-15-8-2-3-13-4-6-14(7-5-13)20(17,18)16-9-11-19-12-10-16/h4-7,15H,2-3,8-12H2,1H3. The molecule has 1 heterocycles. The predicted molar refractivity (Wildman–Crippen MR) is 78.3 cm³/mol. The van der Waals surface area contributed by atoms with E-state index in [0.717, 1.165) is 19.4 Å². The summed E-state index contributed by atoms with van der Waals surface area (Å²) >= 11 is 0. The highest BCUT2D eigenvalue weighted by molar-refractivity contribution is 7.89. The normalized spacial score (nSPS) is 17.2. The van der Waals surface area contributed by atoms with Crippen LogP contribution in [0.25, 0.3) is 0 Å². The van der Waals surface area contributed by atoms with Gasteiger partial charge in [-0.05, 0) is 44.1 Å². The van der Waals surface area contributed by atoms with E-state index in [2.05, 4.69) is 5.32 Å². The largest absolute Gasteiger partial charge is 0.379 e. The Hall–Kier alpha value is -0.950. The van der Waals surface area contributed by atoms with Gasteiger partial charge in [0.1, 0.15) is 0 Å². The molecular weight excluding hydrogens is 276 g/mol. The third-order valence-corrected chi connectivity index (χ3v) is 5.34. The molecule has 2 rings (SSSR count). The minimum atomic E-state index is -3.36. The quantitative estimate of drug-likeness (QED) is 0.791. The van der Waals surface area contributed by atoms with Crippen LogP contribution in [0.3, 0.4) is 0 Å². The predicted octanol–water partition coefficient (Wildman–Crippen LogP) is 0.860. The fraction of sp³-hybridized carbons (Fsp3) is 0.571. The van der Waals surface area contributed by atoms with E-state index in [4.69, 9.17) is 4.74 Å². The first-order valence-corrected chi connectivity index (χ1v) is 8.40. The highest BCUT2D eigenvalue weighted by atomic mass is 32.2. The Kier molecular flexibility index (Phi) is 5.54. The van der Waals surface area contributed by atoms with Crippen LogP contribution in [0.5, 0.6) is 0 Å². The van der Waals surface area contributed by atoms with E-state index in [1.165, 1.54) is 9.87 Å². The van der Waals surface area contributed by atoms with Crippen molar-refractivity contribution in [3.63, 3.8) is 0 Å². The van der Waals surface area contributed by atoms with E-state index in [-0.39, 0.29) is 0 Å². The number of morpholine rings is 1. The summed E-state index contributed by atoms with van der Waals surface area (Å²) in [7, 11) is -1.43. The van der Waals surface area contributed by atoms with Gasteiger partial charge in [-0.15, -0.1) is 0 Å². The number of hydrogen-bond acceptors (Lipinski definition) is 4. The second-order valence-corrected chi connectivity index (χ2v) is 6.81. The van der Waals surface area contributed by atoms with Gasteiger partial charge in [0.05, 0.1) is 18.1 Å². The fourth-order valence-electron chi connectivity index (χ4n) is 2.23. The average Bonchev–Trinajstić information content (AvgIpc) is 2.49. The van der Waals surface area contributed by atoms with Gasteiger partial charge in [0.15, 0.2) is 0 Å². The lowest BCUT2D eigenvalue weighted by atomic mass is 10.1. The van der Waals surface area contributed by atoms with Gasteiger partial charge < -0.3 is 10.1 Å². The van der Waals surface area contributed by atoms with Gasteiger partial charge in [-0.2, -0.15) is 4.31 Å². The highest BCUT2D eigenvalue weighted by Crippen LogP contribution is 2.18. The van der Waals surface area contributed by atoms with Crippen molar-refractivity contribution in [3.05, 3.63) is 29.8 Å². The molecule has 0 bridgehead atoms. The molecule has 6 heteroatoms. The molecule has 5 nitrogen and oxygen atoms in total. The Balaban J connectivity index is 2.04. The van der Waals surface area contributed by atoms with Gasteiger partial charge in [0.2, 0.25) is 10.0 Å². The summed E-state index contributed by atoms with van der Waals surface area (Å²) in [6.45, 7) is 2.79. The molecule has 0 atom stereocenters. The smallest absolute Gasteiger partial charge is 0.243 e. The summed E-state index contributed by atoms with van der Waals surface area (Å²) in [5, 5.41) is 3.10. The van der Waals surface area contributed by atoms with E-state index in [1.807, 2.05) is 19.2 Å². The van der Waals surface area contributed by atoms with Crippen LogP contribution in [0.15, 0.2) is 29.2 Å². The summed E-state index contributed by atoms with van der Waals surface area (Å²) in [5.41, 5.74) is 1.17. The number of sulfonamides is 1. The molecule has 0 aliphatic carbocycles. The van der Waals surface area contributed by atoms with Crippen LogP contribution in [0, 0.1) is 0 Å². The SMILES string of the molecule is CNCCCc1ccc(S(=O)(=O)N2CCOCC2)cc1. The Labute approximate surface area is 121 Å². The maximum absolute atomic E-state index is 12.4. The van der Waals surface area contributed by atoms with Gasteiger partial charge in [-0.25, -0.2) is 8.42 Å². The maximum Gasteiger partial charge on any atom is 0.243 e. The Bertz CT molecular complexity index is 508. The van der Waals surface area contributed by atoms with Crippen molar-refractivity contribution in [1.29, 1.82) is 0 Å². The van der Waals surface area contributed by atoms with Crippen molar-refractivity contribution in [2.24, 2.45) is 0 Å². The molecule has 1 fully saturated rings. The van der Waals surface area contributed by atoms with E-state index in [9.17, 15) is 8.42 Å². The molecular formula is C14H22N2O3S. The zero-order valence-electron chi connectivity index (χ0n) is 11.8. The number of ether oxygens (including phenoxy) is 1. The molecule has 1 N–H and O–H groups in total. The lowest BCUT2D eigenvalue weighted by Gasteiger charge is -2.26. The molecule has 1 aliphatic heterocycles. The number of rotatable bonds is 6. The van der Waals surface area contributed by atoms with Crippen molar-refractivity contribution in [2.45, 2.75) is 17.7 Å². The fourth-order valence-corrected chi connectivity index (χ4v) is 3.64. The molecule has 1 aromatic carbocycles. The number of hydrogen-bond donors (Lipinski definition) is 1. The van der Waals surface area contributed by atoms with Crippen LogP contribution < -0.4 is 5.32 Å². The third-order valence-electron chi connectivity index (χ3n) is 3.42. The number of nitrogens with zero attached hydrogens (tertiary/aromatic N) is 1. The van der Waals surface area contributed by atoms with E-state index in [0.29, 0.717) is 31.2 Å². The minimum Gasteiger partial charge on any atom is -0.379 e. The molecule has 20 heavy (non-hydrogen) atoms. The van der Waals surface area contributed by atoms with Crippen LogP contribution in [0.4, 0.5) is 0 Å². The lowest BCUT2D eigenvalue weighted by Crippen LogP contribution is -2.40. The van der Waals surface area contributed by atoms with E-state index < -0.39 is 10.0 Å². The monoisotopic (exact) mass is 298 g/mol. The van der Waals surface area contributed by atoms with Crippen LogP contribution in [0.1, 0.15) is 12.0 Å². The Morgan fingerprint density at radius 3 is 2.45 bits per heavy atom. The number of nitrogens with one attached hydrogen (secondary N) is 1. The van der Waals surface area contributed by atoms with Crippen molar-refractivity contribution in [2.75, 3.05) is 39.9 Å². The van der Waals surface area contributed by atoms with Gasteiger partial charge in [0, 0.05) is 13.1 Å². The maximum atomic E-state index is 12.4. The van der Waals surface area contributed by atoms with Crippen molar-refractivity contribution < 1.29 is 13.2 Å². The summed E-state index contributed by atoms with van der Waals surface area (Å²) in [4.78, 5) is 0.372. The van der Waals surface area contributed by atoms with Crippen LogP contribution in [-0.2, 0) is 21.2 Å². The highest BCUT2D eigenvalue weighted by Gasteiger charge is 2.25. The topological polar surface area (TPSA) is 58.6 Å². The third kappa shape index (κ3) is 3.79. The van der Waals surface area contributed by atoms with Crippen molar-refractivity contribution in [1.82, 2.24) is 9.62 Å².